The fourth-order valence-corrected chi connectivity index (χ4v) is 0.684. The van der Waals surface area contributed by atoms with Crippen LogP contribution in [0.15, 0.2) is 0 Å². The molecule has 17 heavy (non-hydrogen) atoms. The lowest BCUT2D eigenvalue weighted by atomic mass is 10.3. The Labute approximate surface area is 97.5 Å². The van der Waals surface area contributed by atoms with Crippen LogP contribution in [0.3, 0.4) is 0 Å². The third-order valence-corrected chi connectivity index (χ3v) is 1.52. The molecule has 0 bridgehead atoms. The number of carbonyl (C=O) groups is 3. The molecule has 2 amide bonds. The number of rotatable bonds is 6. The Morgan fingerprint density at radius 2 is 2.06 bits per heavy atom. The first-order valence-electron chi connectivity index (χ1n) is 4.56. The molecule has 1 atom stereocenters. The average molecular weight is 243 g/mol. The van der Waals surface area contributed by atoms with Crippen LogP contribution < -0.4 is 16.4 Å². The van der Waals surface area contributed by atoms with Gasteiger partial charge in [0, 0.05) is 6.54 Å². The van der Waals surface area contributed by atoms with Gasteiger partial charge in [-0.1, -0.05) is 5.92 Å². The Bertz CT molecular complexity index is 336. The molecule has 0 rings (SSSR count). The number of hydrogen-bond donors (Lipinski definition) is 4. The summed E-state index contributed by atoms with van der Waals surface area (Å²) in [7, 11) is 0. The number of ether oxygens (including phenoxy) is 1. The predicted molar refractivity (Wildman–Crippen MR) is 56.8 cm³/mol. The Balaban J connectivity index is 3.70. The van der Waals surface area contributed by atoms with Crippen molar-refractivity contribution in [1.29, 1.82) is 0 Å². The molecule has 0 radical (unpaired) electrons. The summed E-state index contributed by atoms with van der Waals surface area (Å²) in [6, 6.07) is -1.19. The van der Waals surface area contributed by atoms with Crippen molar-refractivity contribution in [3.05, 3.63) is 0 Å². The van der Waals surface area contributed by atoms with Crippen molar-refractivity contribution < 1.29 is 24.2 Å². The topological polar surface area (TPSA) is 131 Å². The molecule has 8 heteroatoms. The molecule has 5 N–H and O–H groups in total. The predicted octanol–water partition coefficient (Wildman–Crippen LogP) is -2.13. The molecule has 0 aliphatic rings. The molecule has 0 aromatic rings. The van der Waals surface area contributed by atoms with E-state index >= 15 is 0 Å². The third kappa shape index (κ3) is 7.64. The fraction of sp³-hybridized carbons (Fsp3) is 0.444. The van der Waals surface area contributed by atoms with E-state index < -0.39 is 24.0 Å². The van der Waals surface area contributed by atoms with E-state index in [1.54, 1.807) is 0 Å². The summed E-state index contributed by atoms with van der Waals surface area (Å²) >= 11 is 0. The Hall–Kier alpha value is -2.27. The minimum Gasteiger partial charge on any atom is -0.480 e. The highest BCUT2D eigenvalue weighted by atomic mass is 16.5. The fourth-order valence-electron chi connectivity index (χ4n) is 0.684. The lowest BCUT2D eigenvalue weighted by Gasteiger charge is -2.08. The lowest BCUT2D eigenvalue weighted by molar-refractivity contribution is -0.138. The molecule has 0 aliphatic carbocycles. The van der Waals surface area contributed by atoms with Gasteiger partial charge in [0.25, 0.3) is 0 Å². The second-order valence-corrected chi connectivity index (χ2v) is 2.88. The molecule has 0 aliphatic heterocycles. The average Bonchev–Trinajstić information content (AvgIpc) is 2.30. The Morgan fingerprint density at radius 3 is 2.59 bits per heavy atom. The number of carbonyl (C=O) groups excluding carboxylic acids is 2. The van der Waals surface area contributed by atoms with Gasteiger partial charge in [-0.05, 0) is 0 Å². The zero-order valence-electron chi connectivity index (χ0n) is 8.93. The summed E-state index contributed by atoms with van der Waals surface area (Å²) in [5.41, 5.74) is 5.14. The molecule has 0 fully saturated rings. The summed E-state index contributed by atoms with van der Waals surface area (Å²) in [5, 5.41) is 12.8. The number of terminal acetylenes is 1. The standard InChI is InChI=1S/C9H13N3O5/c1-2-3-17-9(16)12-5-7(13)11-4-6(10)8(14)15/h1,6H,3-5,10H2,(H,11,13)(H,12,16)(H,14,15). The van der Waals surface area contributed by atoms with E-state index in [2.05, 4.69) is 21.3 Å². The molecule has 1 unspecified atom stereocenters. The smallest absolute Gasteiger partial charge is 0.408 e. The zero-order valence-corrected chi connectivity index (χ0v) is 8.93. The second kappa shape index (κ2) is 7.95. The molecular weight excluding hydrogens is 230 g/mol. The van der Waals surface area contributed by atoms with E-state index in [0.29, 0.717) is 0 Å². The van der Waals surface area contributed by atoms with E-state index in [-0.39, 0.29) is 19.7 Å². The van der Waals surface area contributed by atoms with Gasteiger partial charge in [-0.2, -0.15) is 0 Å². The van der Waals surface area contributed by atoms with Crippen molar-refractivity contribution in [3.63, 3.8) is 0 Å². The van der Waals surface area contributed by atoms with Crippen molar-refractivity contribution in [2.24, 2.45) is 5.73 Å². The van der Waals surface area contributed by atoms with E-state index in [1.165, 1.54) is 0 Å². The first-order valence-corrected chi connectivity index (χ1v) is 4.56. The largest absolute Gasteiger partial charge is 0.480 e. The molecule has 8 nitrogen and oxygen atoms in total. The minimum absolute atomic E-state index is 0.197. The van der Waals surface area contributed by atoms with Crippen molar-refractivity contribution in [3.8, 4) is 12.3 Å². The van der Waals surface area contributed by atoms with Crippen LogP contribution in [0.1, 0.15) is 0 Å². The van der Waals surface area contributed by atoms with Gasteiger partial charge in [-0.3, -0.25) is 9.59 Å². The van der Waals surface area contributed by atoms with Crippen molar-refractivity contribution >= 4 is 18.0 Å². The summed E-state index contributed by atoms with van der Waals surface area (Å²) in [4.78, 5) is 32.2. The zero-order chi connectivity index (χ0) is 13.3. The molecule has 0 saturated heterocycles. The van der Waals surface area contributed by atoms with E-state index in [1.807, 2.05) is 0 Å². The lowest BCUT2D eigenvalue weighted by Crippen LogP contribution is -2.45. The normalized spacial score (nSPS) is 10.8. The number of amides is 2. The third-order valence-electron chi connectivity index (χ3n) is 1.52. The van der Waals surface area contributed by atoms with Crippen LogP contribution in [0.5, 0.6) is 0 Å². The maximum absolute atomic E-state index is 11.1. The van der Waals surface area contributed by atoms with Crippen LogP contribution in [0.2, 0.25) is 0 Å². The number of hydrogen-bond acceptors (Lipinski definition) is 5. The minimum atomic E-state index is -1.23. The van der Waals surface area contributed by atoms with Crippen LogP contribution in [0, 0.1) is 12.3 Å². The Kier molecular flexibility index (Phi) is 6.89. The molecule has 94 valence electrons. The van der Waals surface area contributed by atoms with Gasteiger partial charge in [0.1, 0.15) is 6.04 Å². The van der Waals surface area contributed by atoms with Crippen LogP contribution in [0.4, 0.5) is 4.79 Å². The Morgan fingerprint density at radius 1 is 1.41 bits per heavy atom. The summed E-state index contributed by atoms with van der Waals surface area (Å²) in [6.07, 6.45) is 4.01. The molecule has 0 aromatic carbocycles. The van der Waals surface area contributed by atoms with Crippen molar-refractivity contribution in [2.45, 2.75) is 6.04 Å². The van der Waals surface area contributed by atoms with Crippen LogP contribution >= 0.6 is 0 Å². The van der Waals surface area contributed by atoms with Gasteiger partial charge in [-0.15, -0.1) is 6.42 Å². The van der Waals surface area contributed by atoms with E-state index in [4.69, 9.17) is 17.3 Å². The molecular formula is C9H13N3O5. The van der Waals surface area contributed by atoms with Gasteiger partial charge < -0.3 is 26.2 Å². The van der Waals surface area contributed by atoms with Gasteiger partial charge >= 0.3 is 12.1 Å². The molecule has 0 heterocycles. The van der Waals surface area contributed by atoms with Crippen molar-refractivity contribution in [1.82, 2.24) is 10.6 Å². The van der Waals surface area contributed by atoms with E-state index in [0.717, 1.165) is 0 Å². The van der Waals surface area contributed by atoms with E-state index in [9.17, 15) is 14.4 Å². The quantitative estimate of drug-likeness (QED) is 0.394. The number of aliphatic carboxylic acids is 1. The van der Waals surface area contributed by atoms with Crippen LogP contribution in [0.25, 0.3) is 0 Å². The second-order valence-electron chi connectivity index (χ2n) is 2.88. The number of carboxylic acid groups (broad SMARTS) is 1. The summed E-state index contributed by atoms with van der Waals surface area (Å²) < 4.78 is 4.42. The maximum atomic E-state index is 11.1. The number of alkyl carbamates (subject to hydrolysis) is 1. The number of carboxylic acids is 1. The summed E-state index contributed by atoms with van der Waals surface area (Å²) in [6.45, 7) is -0.775. The van der Waals surface area contributed by atoms with Crippen LogP contribution in [-0.2, 0) is 14.3 Å². The van der Waals surface area contributed by atoms with Gasteiger partial charge in [0.15, 0.2) is 6.61 Å². The highest BCUT2D eigenvalue weighted by Gasteiger charge is 2.12. The van der Waals surface area contributed by atoms with Gasteiger partial charge in [0.2, 0.25) is 5.91 Å². The molecule has 0 aromatic heterocycles. The molecule has 0 spiro atoms. The summed E-state index contributed by atoms with van der Waals surface area (Å²) in [5.74, 6) is 0.260. The maximum Gasteiger partial charge on any atom is 0.408 e. The number of nitrogens with two attached hydrogens (primary N) is 1. The first kappa shape index (κ1) is 14.7. The SMILES string of the molecule is C#CCOC(=O)NCC(=O)NCC(N)C(=O)O. The van der Waals surface area contributed by atoms with Crippen molar-refractivity contribution in [2.75, 3.05) is 19.7 Å². The van der Waals surface area contributed by atoms with Gasteiger partial charge in [0.05, 0.1) is 6.54 Å². The number of nitrogens with one attached hydrogen (secondary N) is 2. The highest BCUT2D eigenvalue weighted by Crippen LogP contribution is 1.78. The van der Waals surface area contributed by atoms with Crippen LogP contribution in [-0.4, -0.2) is 48.8 Å². The first-order chi connectivity index (χ1) is 7.97. The molecule has 0 saturated carbocycles. The van der Waals surface area contributed by atoms with Gasteiger partial charge in [-0.25, -0.2) is 4.79 Å². The highest BCUT2D eigenvalue weighted by molar-refractivity contribution is 5.83. The monoisotopic (exact) mass is 243 g/mol.